The third-order valence-electron chi connectivity index (χ3n) is 3.62. The van der Waals surface area contributed by atoms with Gasteiger partial charge in [0.2, 0.25) is 5.91 Å². The number of amides is 1. The number of nitrogens with zero attached hydrogens (tertiary/aromatic N) is 1. The highest BCUT2D eigenvalue weighted by Gasteiger charge is 2.39. The van der Waals surface area contributed by atoms with Crippen LogP contribution in [0.15, 0.2) is 0 Å². The van der Waals surface area contributed by atoms with Crippen molar-refractivity contribution in [2.24, 2.45) is 11.8 Å². The molecule has 3 unspecified atom stereocenters. The molecule has 1 aliphatic carbocycles. The highest BCUT2D eigenvalue weighted by Crippen LogP contribution is 2.37. The van der Waals surface area contributed by atoms with Crippen molar-refractivity contribution in [3.8, 4) is 0 Å². The van der Waals surface area contributed by atoms with Crippen LogP contribution in [0.5, 0.6) is 0 Å². The lowest BCUT2D eigenvalue weighted by Gasteiger charge is -2.31. The minimum absolute atomic E-state index is 0.331. The molecule has 3 atom stereocenters. The monoisotopic (exact) mass is 182 g/mol. The van der Waals surface area contributed by atoms with E-state index in [9.17, 15) is 4.79 Å². The summed E-state index contributed by atoms with van der Waals surface area (Å²) in [6.45, 7) is 0.974. The van der Waals surface area contributed by atoms with Gasteiger partial charge in [0.1, 0.15) is 0 Å². The molecule has 0 aromatic rings. The predicted molar refractivity (Wildman–Crippen MR) is 51.3 cm³/mol. The Morgan fingerprint density at radius 2 is 2.08 bits per heavy atom. The minimum Gasteiger partial charge on any atom is -0.345 e. The fourth-order valence-electron chi connectivity index (χ4n) is 2.76. The van der Waals surface area contributed by atoms with Gasteiger partial charge < -0.3 is 10.2 Å². The molecule has 2 fully saturated rings. The molecule has 3 nitrogen and oxygen atoms in total. The maximum absolute atomic E-state index is 11.4. The van der Waals surface area contributed by atoms with Crippen LogP contribution in [-0.4, -0.2) is 37.5 Å². The molecule has 0 aromatic carbocycles. The molecule has 2 aliphatic rings. The summed E-state index contributed by atoms with van der Waals surface area (Å²) in [7, 11) is 3.94. The molecule has 0 bridgehead atoms. The van der Waals surface area contributed by atoms with Gasteiger partial charge in [0, 0.05) is 26.1 Å². The summed E-state index contributed by atoms with van der Waals surface area (Å²) in [5.41, 5.74) is 0. The summed E-state index contributed by atoms with van der Waals surface area (Å²) in [5.74, 6) is 1.74. The molecule has 1 aliphatic heterocycles. The maximum atomic E-state index is 11.4. The van der Waals surface area contributed by atoms with Crippen molar-refractivity contribution < 1.29 is 4.79 Å². The average Bonchev–Trinajstić information content (AvgIpc) is 2.48. The van der Waals surface area contributed by atoms with E-state index in [1.807, 2.05) is 19.0 Å². The SMILES string of the molecule is CNC1CC2CC(=O)N(C)CC2C1. The second kappa shape index (κ2) is 3.29. The van der Waals surface area contributed by atoms with Crippen LogP contribution in [0, 0.1) is 11.8 Å². The Labute approximate surface area is 79.5 Å². The molecular formula is C10H18N2O. The predicted octanol–water partition coefficient (Wildman–Crippen LogP) is 0.463. The lowest BCUT2D eigenvalue weighted by atomic mass is 9.88. The highest BCUT2D eigenvalue weighted by molar-refractivity contribution is 5.77. The Balaban J connectivity index is 2.01. The second-order valence-electron chi connectivity index (χ2n) is 4.46. The number of carbonyl (C=O) groups is 1. The Bertz CT molecular complexity index is 217. The molecule has 1 saturated heterocycles. The van der Waals surface area contributed by atoms with Crippen molar-refractivity contribution in [2.45, 2.75) is 25.3 Å². The first-order chi connectivity index (χ1) is 6.20. The van der Waals surface area contributed by atoms with E-state index in [1.165, 1.54) is 12.8 Å². The van der Waals surface area contributed by atoms with Gasteiger partial charge in [-0.1, -0.05) is 0 Å². The molecule has 0 aromatic heterocycles. The Morgan fingerprint density at radius 1 is 1.38 bits per heavy atom. The van der Waals surface area contributed by atoms with Gasteiger partial charge >= 0.3 is 0 Å². The summed E-state index contributed by atoms with van der Waals surface area (Å²) in [6, 6.07) is 0.648. The molecule has 74 valence electrons. The lowest BCUT2D eigenvalue weighted by Crippen LogP contribution is -2.39. The number of piperidine rings is 1. The van der Waals surface area contributed by atoms with Crippen LogP contribution in [0.2, 0.25) is 0 Å². The summed E-state index contributed by atoms with van der Waals surface area (Å²) in [6.07, 6.45) is 3.22. The van der Waals surface area contributed by atoms with Crippen LogP contribution >= 0.6 is 0 Å². The maximum Gasteiger partial charge on any atom is 0.222 e. The summed E-state index contributed by atoms with van der Waals surface area (Å²) >= 11 is 0. The molecule has 3 heteroatoms. The van der Waals surface area contributed by atoms with Gasteiger partial charge in [-0.05, 0) is 31.7 Å². The first-order valence-electron chi connectivity index (χ1n) is 5.12. The van der Waals surface area contributed by atoms with E-state index in [0.29, 0.717) is 17.9 Å². The third kappa shape index (κ3) is 1.57. The molecule has 1 N–H and O–H groups in total. The van der Waals surface area contributed by atoms with Gasteiger partial charge in [0.25, 0.3) is 0 Å². The molecule has 1 amide bonds. The highest BCUT2D eigenvalue weighted by atomic mass is 16.2. The topological polar surface area (TPSA) is 32.3 Å². The van der Waals surface area contributed by atoms with Gasteiger partial charge in [-0.2, -0.15) is 0 Å². The van der Waals surface area contributed by atoms with Crippen molar-refractivity contribution in [1.82, 2.24) is 10.2 Å². The van der Waals surface area contributed by atoms with E-state index < -0.39 is 0 Å². The smallest absolute Gasteiger partial charge is 0.222 e. The number of nitrogens with one attached hydrogen (secondary N) is 1. The van der Waals surface area contributed by atoms with Crippen LogP contribution in [0.3, 0.4) is 0 Å². The average molecular weight is 182 g/mol. The zero-order chi connectivity index (χ0) is 9.42. The summed E-state index contributed by atoms with van der Waals surface area (Å²) < 4.78 is 0. The number of hydrogen-bond acceptors (Lipinski definition) is 2. The normalized spacial score (nSPS) is 39.4. The number of carbonyl (C=O) groups excluding carboxylic acids is 1. The van der Waals surface area contributed by atoms with Crippen molar-refractivity contribution in [2.75, 3.05) is 20.6 Å². The zero-order valence-corrected chi connectivity index (χ0v) is 8.42. The number of likely N-dealkylation sites (tertiary alicyclic amines) is 1. The van der Waals surface area contributed by atoms with Gasteiger partial charge in [-0.15, -0.1) is 0 Å². The Morgan fingerprint density at radius 3 is 2.77 bits per heavy atom. The second-order valence-corrected chi connectivity index (χ2v) is 4.46. The molecule has 0 radical (unpaired) electrons. The first kappa shape index (κ1) is 9.00. The fraction of sp³-hybridized carbons (Fsp3) is 0.900. The van der Waals surface area contributed by atoms with Crippen LogP contribution < -0.4 is 5.32 Å². The zero-order valence-electron chi connectivity index (χ0n) is 8.42. The quantitative estimate of drug-likeness (QED) is 0.639. The standard InChI is InChI=1S/C10H18N2O/c1-11-9-3-7-5-10(13)12(2)6-8(7)4-9/h7-9,11H,3-6H2,1-2H3. The van der Waals surface area contributed by atoms with E-state index in [4.69, 9.17) is 0 Å². The number of fused-ring (bicyclic) bond motifs is 1. The van der Waals surface area contributed by atoms with Crippen molar-refractivity contribution in [3.05, 3.63) is 0 Å². The van der Waals surface area contributed by atoms with Crippen LogP contribution in [0.4, 0.5) is 0 Å². The van der Waals surface area contributed by atoms with Gasteiger partial charge in [-0.3, -0.25) is 4.79 Å². The molecule has 13 heavy (non-hydrogen) atoms. The van der Waals surface area contributed by atoms with Crippen LogP contribution in [-0.2, 0) is 4.79 Å². The Hall–Kier alpha value is -0.570. The van der Waals surface area contributed by atoms with Crippen LogP contribution in [0.1, 0.15) is 19.3 Å². The third-order valence-corrected chi connectivity index (χ3v) is 3.62. The summed E-state index contributed by atoms with van der Waals surface area (Å²) in [5, 5.41) is 3.32. The molecule has 1 saturated carbocycles. The van der Waals surface area contributed by atoms with E-state index >= 15 is 0 Å². The van der Waals surface area contributed by atoms with Gasteiger partial charge in [0.15, 0.2) is 0 Å². The van der Waals surface area contributed by atoms with Gasteiger partial charge in [0.05, 0.1) is 0 Å². The van der Waals surface area contributed by atoms with Crippen molar-refractivity contribution in [3.63, 3.8) is 0 Å². The van der Waals surface area contributed by atoms with Crippen LogP contribution in [0.25, 0.3) is 0 Å². The van der Waals surface area contributed by atoms with E-state index in [0.717, 1.165) is 18.9 Å². The molecular weight excluding hydrogens is 164 g/mol. The Kier molecular flexibility index (Phi) is 2.28. The molecule has 0 spiro atoms. The number of rotatable bonds is 1. The number of hydrogen-bond donors (Lipinski definition) is 1. The van der Waals surface area contributed by atoms with Gasteiger partial charge in [-0.25, -0.2) is 0 Å². The fourth-order valence-corrected chi connectivity index (χ4v) is 2.76. The van der Waals surface area contributed by atoms with Crippen molar-refractivity contribution >= 4 is 5.91 Å². The largest absolute Gasteiger partial charge is 0.345 e. The molecule has 2 rings (SSSR count). The van der Waals surface area contributed by atoms with E-state index in [1.54, 1.807) is 0 Å². The minimum atomic E-state index is 0.331. The van der Waals surface area contributed by atoms with Crippen molar-refractivity contribution in [1.29, 1.82) is 0 Å². The molecule has 1 heterocycles. The first-order valence-corrected chi connectivity index (χ1v) is 5.12. The lowest BCUT2D eigenvalue weighted by molar-refractivity contribution is -0.134. The summed E-state index contributed by atoms with van der Waals surface area (Å²) in [4.78, 5) is 13.3. The van der Waals surface area contributed by atoms with E-state index in [-0.39, 0.29) is 0 Å². The van der Waals surface area contributed by atoms with E-state index in [2.05, 4.69) is 5.32 Å².